The number of anilines is 6. The van der Waals surface area contributed by atoms with E-state index in [0.29, 0.717) is 0 Å². The fourth-order valence-electron chi connectivity index (χ4n) is 11.8. The van der Waals surface area contributed by atoms with Gasteiger partial charge in [0.1, 0.15) is 0 Å². The average Bonchev–Trinajstić information content (AvgIpc) is 3.58. The molecule has 2 nitrogen and oxygen atoms in total. The molecule has 0 saturated carbocycles. The Bertz CT molecular complexity index is 2880. The number of nitrogens with zero attached hydrogens (tertiary/aromatic N) is 2. The quantitative estimate of drug-likeness (QED) is 0.160. The molecule has 0 atom stereocenters. The third kappa shape index (κ3) is 6.60. The summed E-state index contributed by atoms with van der Waals surface area (Å²) in [4.78, 5) is 5.45. The molecular weight excluding hydrogens is 792 g/mol. The number of fused-ring (bicyclic) bond motifs is 8. The lowest BCUT2D eigenvalue weighted by Crippen LogP contribution is -2.61. The van der Waals surface area contributed by atoms with Crippen LogP contribution in [0, 0.1) is 0 Å². The molecule has 4 heteroatoms. The van der Waals surface area contributed by atoms with Crippen LogP contribution < -0.4 is 25.5 Å². The van der Waals surface area contributed by atoms with Crippen LogP contribution in [0.2, 0.25) is 0 Å². The zero-order valence-corrected chi connectivity index (χ0v) is 43.1. The Morgan fingerprint density at radius 1 is 0.469 bits per heavy atom. The molecule has 6 aromatic rings. The predicted octanol–water partition coefficient (Wildman–Crippen LogP) is 15.6. The second-order valence-electron chi connectivity index (χ2n) is 26.1. The number of benzene rings is 5. The van der Waals surface area contributed by atoms with Crippen molar-refractivity contribution in [2.45, 2.75) is 181 Å². The highest BCUT2D eigenvalue weighted by Gasteiger charge is 2.49. The maximum atomic E-state index is 2.73. The maximum Gasteiger partial charge on any atom is 0.264 e. The molecule has 3 heterocycles. The van der Waals surface area contributed by atoms with Gasteiger partial charge in [-0.25, -0.2) is 0 Å². The highest BCUT2D eigenvalue weighted by molar-refractivity contribution is 7.33. The number of thiophene rings is 1. The number of hydrogen-bond acceptors (Lipinski definition) is 3. The van der Waals surface area contributed by atoms with Crippen LogP contribution in [0.1, 0.15) is 182 Å². The summed E-state index contributed by atoms with van der Waals surface area (Å²) in [6.45, 7) is 41.4. The predicted molar refractivity (Wildman–Crippen MR) is 283 cm³/mol. The van der Waals surface area contributed by atoms with Crippen molar-refractivity contribution in [3.63, 3.8) is 0 Å². The molecule has 1 aromatic heterocycles. The van der Waals surface area contributed by atoms with Gasteiger partial charge >= 0.3 is 0 Å². The molecule has 0 fully saturated rings. The van der Waals surface area contributed by atoms with Crippen LogP contribution >= 0.6 is 11.3 Å². The molecule has 332 valence electrons. The van der Waals surface area contributed by atoms with Gasteiger partial charge < -0.3 is 9.80 Å². The summed E-state index contributed by atoms with van der Waals surface area (Å²) in [6.07, 6.45) is 4.76. The number of hydrogen-bond donors (Lipinski definition) is 0. The minimum atomic E-state index is -0.0940. The van der Waals surface area contributed by atoms with Crippen LogP contribution in [0.25, 0.3) is 10.1 Å². The van der Waals surface area contributed by atoms with E-state index in [9.17, 15) is 0 Å². The van der Waals surface area contributed by atoms with E-state index in [4.69, 9.17) is 0 Å². The van der Waals surface area contributed by atoms with Gasteiger partial charge in [-0.3, -0.25) is 0 Å². The van der Waals surface area contributed by atoms with Gasteiger partial charge in [0.2, 0.25) is 0 Å². The first-order chi connectivity index (χ1) is 29.6. The second kappa shape index (κ2) is 13.7. The molecular formula is C60H73BN2S. The van der Waals surface area contributed by atoms with Gasteiger partial charge in [-0.15, -0.1) is 11.3 Å². The van der Waals surface area contributed by atoms with Gasteiger partial charge in [0.15, 0.2) is 0 Å². The Labute approximate surface area is 391 Å². The van der Waals surface area contributed by atoms with Gasteiger partial charge in [0.05, 0.1) is 5.69 Å². The highest BCUT2D eigenvalue weighted by atomic mass is 32.1. The molecule has 2 aliphatic heterocycles. The van der Waals surface area contributed by atoms with E-state index in [0.717, 1.165) is 0 Å². The third-order valence-electron chi connectivity index (χ3n) is 16.4. The van der Waals surface area contributed by atoms with Crippen LogP contribution in [0.3, 0.4) is 0 Å². The second-order valence-corrected chi connectivity index (χ2v) is 27.2. The standard InChI is InChI=1S/C60H73BN2S/c1-54(2,3)36-28-37(55(4,5)6)30-40(29-36)62-47-35-45-44(59(14,15)26-27-60(45,16)17)34-46(47)61-51-48(62)31-38(56(7,8)9)32-49(51)63(52-41-20-18-19-21-50(41)64-53(52)61)39-22-23-42-43(33-39)58(12,13)25-24-57(42,10)11/h18-23,28-35H,24-27H2,1-17H3. The van der Waals surface area contributed by atoms with Crippen molar-refractivity contribution in [3.8, 4) is 0 Å². The van der Waals surface area contributed by atoms with Gasteiger partial charge in [-0.05, 0) is 162 Å². The smallest absolute Gasteiger partial charge is 0.264 e. The third-order valence-corrected chi connectivity index (χ3v) is 17.6. The first-order valence-electron chi connectivity index (χ1n) is 24.4. The highest BCUT2D eigenvalue weighted by Crippen LogP contribution is 2.54. The van der Waals surface area contributed by atoms with E-state index in [1.54, 1.807) is 0 Å². The summed E-state index contributed by atoms with van der Waals surface area (Å²) in [5, 5.41) is 1.35. The maximum absolute atomic E-state index is 2.73. The lowest BCUT2D eigenvalue weighted by atomic mass is 9.35. The Kier molecular flexibility index (Phi) is 9.30. The molecule has 4 aliphatic rings. The first kappa shape index (κ1) is 43.6. The zero-order valence-electron chi connectivity index (χ0n) is 42.3. The van der Waals surface area contributed by atoms with Crippen molar-refractivity contribution in [2.24, 2.45) is 0 Å². The summed E-state index contributed by atoms with van der Waals surface area (Å²) >= 11 is 2.02. The molecule has 0 unspecified atom stereocenters. The van der Waals surface area contributed by atoms with Crippen LogP contribution in [0.5, 0.6) is 0 Å². The molecule has 0 radical (unpaired) electrons. The van der Waals surface area contributed by atoms with E-state index in [1.807, 2.05) is 11.3 Å². The van der Waals surface area contributed by atoms with Crippen molar-refractivity contribution >= 4 is 78.0 Å². The summed E-state index contributed by atoms with van der Waals surface area (Å²) < 4.78 is 2.82. The molecule has 0 spiro atoms. The fraction of sp³-hybridized carbons (Fsp3) is 0.467. The van der Waals surface area contributed by atoms with E-state index < -0.39 is 0 Å². The van der Waals surface area contributed by atoms with E-state index in [-0.39, 0.29) is 44.6 Å². The van der Waals surface area contributed by atoms with Crippen molar-refractivity contribution in [1.82, 2.24) is 0 Å². The lowest BCUT2D eigenvalue weighted by molar-refractivity contribution is 0.332. The van der Waals surface area contributed by atoms with E-state index in [2.05, 4.69) is 212 Å². The molecule has 2 aliphatic carbocycles. The van der Waals surface area contributed by atoms with Gasteiger partial charge in [0.25, 0.3) is 6.71 Å². The number of rotatable bonds is 2. The lowest BCUT2D eigenvalue weighted by Gasteiger charge is -2.48. The van der Waals surface area contributed by atoms with Crippen LogP contribution in [-0.4, -0.2) is 6.71 Å². The summed E-state index contributed by atoms with van der Waals surface area (Å²) in [5.41, 5.74) is 21.2. The van der Waals surface area contributed by atoms with E-state index >= 15 is 0 Å². The molecule has 5 aromatic carbocycles. The first-order valence-corrected chi connectivity index (χ1v) is 25.2. The summed E-state index contributed by atoms with van der Waals surface area (Å²) in [5.74, 6) is 0. The van der Waals surface area contributed by atoms with Crippen molar-refractivity contribution in [2.75, 3.05) is 9.80 Å². The van der Waals surface area contributed by atoms with Crippen molar-refractivity contribution in [3.05, 3.63) is 124 Å². The van der Waals surface area contributed by atoms with Gasteiger partial charge in [-0.1, -0.05) is 154 Å². The summed E-state index contributed by atoms with van der Waals surface area (Å²) in [7, 11) is 0. The molecule has 0 N–H and O–H groups in total. The SMILES string of the molecule is CC(C)(C)c1cc(N2c3cc4c(cc3B3c5sc6ccccc6c5N(c5ccc6c(c5)C(C)(C)CCC6(C)C)c5cc(C(C)(C)C)cc2c53)C(C)(C)CCC4(C)C)cc(C(C)(C)C)c1. The Morgan fingerprint density at radius 2 is 0.953 bits per heavy atom. The average molecular weight is 865 g/mol. The molecule has 0 amide bonds. The van der Waals surface area contributed by atoms with Crippen LogP contribution in [0.15, 0.2) is 84.9 Å². The zero-order chi connectivity index (χ0) is 46.1. The largest absolute Gasteiger partial charge is 0.311 e. The van der Waals surface area contributed by atoms with E-state index in [1.165, 1.54) is 125 Å². The summed E-state index contributed by atoms with van der Waals surface area (Å²) in [6, 6.07) is 34.9. The molecule has 0 saturated heterocycles. The Hall–Kier alpha value is -4.28. The van der Waals surface area contributed by atoms with Gasteiger partial charge in [0, 0.05) is 43.3 Å². The topological polar surface area (TPSA) is 6.48 Å². The van der Waals surface area contributed by atoms with Crippen LogP contribution in [-0.2, 0) is 37.9 Å². The minimum absolute atomic E-state index is 0.0245. The Morgan fingerprint density at radius 3 is 1.52 bits per heavy atom. The van der Waals surface area contributed by atoms with Gasteiger partial charge in [-0.2, -0.15) is 0 Å². The normalized spacial score (nSPS) is 19.2. The van der Waals surface area contributed by atoms with Crippen molar-refractivity contribution < 1.29 is 0 Å². The monoisotopic (exact) mass is 865 g/mol. The van der Waals surface area contributed by atoms with Crippen LogP contribution in [0.4, 0.5) is 34.1 Å². The molecule has 0 bridgehead atoms. The fourth-order valence-corrected chi connectivity index (χ4v) is 13.1. The molecule has 64 heavy (non-hydrogen) atoms. The van der Waals surface area contributed by atoms with Crippen molar-refractivity contribution in [1.29, 1.82) is 0 Å². The Balaban J connectivity index is 1.38. The minimum Gasteiger partial charge on any atom is -0.311 e. The molecule has 10 rings (SSSR count).